The van der Waals surface area contributed by atoms with Crippen molar-refractivity contribution in [1.29, 1.82) is 0 Å². The normalized spacial score (nSPS) is 11.1. The number of carboxylic acids is 1. The first-order valence-corrected chi connectivity index (χ1v) is 7.21. The summed E-state index contributed by atoms with van der Waals surface area (Å²) in [5.74, 6) is -1.84. The molecule has 22 heavy (non-hydrogen) atoms. The van der Waals surface area contributed by atoms with Gasteiger partial charge in [0.1, 0.15) is 10.5 Å². The van der Waals surface area contributed by atoms with Crippen LogP contribution in [0.15, 0.2) is 44.8 Å². The Bertz CT molecular complexity index is 956. The molecule has 0 aliphatic carbocycles. The van der Waals surface area contributed by atoms with Gasteiger partial charge in [-0.25, -0.2) is 9.89 Å². The van der Waals surface area contributed by atoms with E-state index in [9.17, 15) is 22.8 Å². The first-order chi connectivity index (χ1) is 10.3. The Kier molecular flexibility index (Phi) is 3.87. The first-order valence-electron chi connectivity index (χ1n) is 5.77. The minimum Gasteiger partial charge on any atom is -0.494 e. The van der Waals surface area contributed by atoms with E-state index in [-0.39, 0.29) is 4.09 Å². The van der Waals surface area contributed by atoms with Crippen LogP contribution in [0.2, 0.25) is 0 Å². The average Bonchev–Trinajstić information content (AvgIpc) is 2.48. The zero-order chi connectivity index (χ0) is 16.5. The van der Waals surface area contributed by atoms with Gasteiger partial charge >= 0.3 is 5.97 Å². The van der Waals surface area contributed by atoms with Crippen LogP contribution in [0, 0.1) is 0 Å². The van der Waals surface area contributed by atoms with E-state index in [0.717, 1.165) is 31.4 Å². The van der Waals surface area contributed by atoms with E-state index in [1.165, 1.54) is 6.07 Å². The lowest BCUT2D eigenvalue weighted by Gasteiger charge is -2.12. The van der Waals surface area contributed by atoms with Crippen LogP contribution < -0.4 is 15.9 Å². The van der Waals surface area contributed by atoms with Crippen LogP contribution in [-0.4, -0.2) is 35.8 Å². The van der Waals surface area contributed by atoms with Gasteiger partial charge in [0, 0.05) is 12.1 Å². The molecule has 2 N–H and O–H groups in total. The Morgan fingerprint density at radius 2 is 1.91 bits per heavy atom. The van der Waals surface area contributed by atoms with Crippen LogP contribution in [0.4, 0.5) is 0 Å². The number of nitrogens with one attached hydrogen (secondary N) is 1. The number of rotatable bonds is 4. The number of methoxy groups -OCH3 is 1. The average molecular weight is 326 g/mol. The summed E-state index contributed by atoms with van der Waals surface area (Å²) in [7, 11) is -3.44. The van der Waals surface area contributed by atoms with Crippen LogP contribution in [-0.2, 0) is 10.0 Å². The summed E-state index contributed by atoms with van der Waals surface area (Å²) in [5.41, 5.74) is -2.20. The number of aromatic nitrogens is 2. The highest BCUT2D eigenvalue weighted by molar-refractivity contribution is 7.90. The van der Waals surface area contributed by atoms with Gasteiger partial charge in [-0.1, -0.05) is 6.07 Å². The molecule has 0 spiro atoms. The maximum atomic E-state index is 12.5. The van der Waals surface area contributed by atoms with E-state index in [1.807, 2.05) is 5.10 Å². The van der Waals surface area contributed by atoms with E-state index >= 15 is 0 Å². The molecule has 2 aromatic rings. The lowest BCUT2D eigenvalue weighted by Crippen LogP contribution is -2.33. The van der Waals surface area contributed by atoms with E-state index in [4.69, 9.17) is 9.84 Å². The van der Waals surface area contributed by atoms with E-state index < -0.39 is 43.3 Å². The largest absolute Gasteiger partial charge is 0.494 e. The molecule has 0 atom stereocenters. The number of nitrogens with zero attached hydrogens (tertiary/aromatic N) is 1. The molecule has 0 radical (unpaired) electrons. The molecule has 1 aromatic carbocycles. The monoisotopic (exact) mass is 326 g/mol. The predicted octanol–water partition coefficient (Wildman–Crippen LogP) is -0.520. The van der Waals surface area contributed by atoms with Gasteiger partial charge in [0.05, 0.1) is 7.11 Å². The zero-order valence-corrected chi connectivity index (χ0v) is 12.0. The van der Waals surface area contributed by atoms with Gasteiger partial charge in [-0.3, -0.25) is 9.59 Å². The molecule has 116 valence electrons. The number of aromatic amines is 1. The number of hydrogen-bond donors (Lipinski definition) is 2. The molecule has 0 amide bonds. The van der Waals surface area contributed by atoms with Crippen molar-refractivity contribution in [2.45, 2.75) is 4.90 Å². The van der Waals surface area contributed by atoms with Gasteiger partial charge < -0.3 is 9.84 Å². The Balaban J connectivity index is 2.83. The van der Waals surface area contributed by atoms with Crippen molar-refractivity contribution >= 4 is 16.0 Å². The topological polar surface area (TPSA) is 136 Å². The molecule has 0 saturated carbocycles. The highest BCUT2D eigenvalue weighted by Gasteiger charge is 2.27. The molecule has 1 aromatic heterocycles. The van der Waals surface area contributed by atoms with Crippen molar-refractivity contribution in [1.82, 2.24) is 9.19 Å². The number of benzene rings is 1. The molecule has 2 rings (SSSR count). The zero-order valence-electron chi connectivity index (χ0n) is 11.1. The molecule has 10 heteroatoms. The predicted molar refractivity (Wildman–Crippen MR) is 73.9 cm³/mol. The molecule has 9 nitrogen and oxygen atoms in total. The van der Waals surface area contributed by atoms with Crippen molar-refractivity contribution < 1.29 is 23.1 Å². The second-order valence-corrected chi connectivity index (χ2v) is 5.81. The fraction of sp³-hybridized carbons (Fsp3) is 0.0833. The van der Waals surface area contributed by atoms with Crippen molar-refractivity contribution in [3.05, 3.63) is 56.6 Å². The number of H-pyrrole nitrogens is 1. The van der Waals surface area contributed by atoms with Crippen molar-refractivity contribution in [2.24, 2.45) is 0 Å². The fourth-order valence-corrected chi connectivity index (χ4v) is 3.16. The molecular weight excluding hydrogens is 316 g/mol. The van der Waals surface area contributed by atoms with Crippen LogP contribution in [0.25, 0.3) is 0 Å². The molecule has 0 bridgehead atoms. The summed E-state index contributed by atoms with van der Waals surface area (Å²) in [5, 5.41) is 10.9. The Labute approximate surface area is 123 Å². The number of carboxylic acid groups (broad SMARTS) is 1. The Morgan fingerprint density at radius 3 is 2.50 bits per heavy atom. The van der Waals surface area contributed by atoms with Gasteiger partial charge in [0.15, 0.2) is 5.75 Å². The molecule has 0 fully saturated rings. The summed E-state index contributed by atoms with van der Waals surface area (Å²) >= 11 is 0. The van der Waals surface area contributed by atoms with Crippen molar-refractivity contribution in [2.75, 3.05) is 7.11 Å². The van der Waals surface area contributed by atoms with Gasteiger partial charge in [-0.05, 0) is 12.1 Å². The lowest BCUT2D eigenvalue weighted by atomic mass is 10.2. The standard InChI is InChI=1S/C12H10N2O7S/c1-21-11-7(12(17)18)3-2-4-8(11)22(19,20)14-10(16)6-5-9(15)13-14/h2-6H,1H3,(H,13,15)(H,17,18). The molecule has 0 aliphatic rings. The molecule has 1 heterocycles. The van der Waals surface area contributed by atoms with E-state index in [0.29, 0.717) is 0 Å². The van der Waals surface area contributed by atoms with Crippen molar-refractivity contribution in [3.8, 4) is 5.75 Å². The first kappa shape index (κ1) is 15.5. The number of aromatic carboxylic acids is 1. The minimum atomic E-state index is -4.53. The number of carbonyl (C=O) groups is 1. The molecule has 0 unspecified atom stereocenters. The van der Waals surface area contributed by atoms with Crippen LogP contribution >= 0.6 is 0 Å². The smallest absolute Gasteiger partial charge is 0.339 e. The summed E-state index contributed by atoms with van der Waals surface area (Å²) < 4.78 is 29.9. The van der Waals surface area contributed by atoms with E-state index in [2.05, 4.69) is 0 Å². The lowest BCUT2D eigenvalue weighted by molar-refractivity contribution is 0.0693. The van der Waals surface area contributed by atoms with Crippen LogP contribution in [0.3, 0.4) is 0 Å². The highest BCUT2D eigenvalue weighted by Crippen LogP contribution is 2.28. The Morgan fingerprint density at radius 1 is 1.23 bits per heavy atom. The summed E-state index contributed by atoms with van der Waals surface area (Å²) in [6.07, 6.45) is 0. The molecule has 0 aliphatic heterocycles. The maximum Gasteiger partial charge on any atom is 0.339 e. The van der Waals surface area contributed by atoms with Crippen LogP contribution in [0.5, 0.6) is 5.75 Å². The van der Waals surface area contributed by atoms with Gasteiger partial charge in [-0.2, -0.15) is 8.42 Å². The van der Waals surface area contributed by atoms with Gasteiger partial charge in [-0.15, -0.1) is 4.09 Å². The quantitative estimate of drug-likeness (QED) is 0.771. The highest BCUT2D eigenvalue weighted by atomic mass is 32.2. The van der Waals surface area contributed by atoms with Crippen molar-refractivity contribution in [3.63, 3.8) is 0 Å². The third-order valence-corrected chi connectivity index (χ3v) is 4.35. The summed E-state index contributed by atoms with van der Waals surface area (Å²) in [4.78, 5) is 33.5. The fourth-order valence-electron chi connectivity index (χ4n) is 1.78. The second-order valence-electron chi connectivity index (χ2n) is 4.06. The minimum absolute atomic E-state index is 0.124. The summed E-state index contributed by atoms with van der Waals surface area (Å²) in [6, 6.07) is 5.06. The van der Waals surface area contributed by atoms with Gasteiger partial charge in [0.25, 0.3) is 21.1 Å². The van der Waals surface area contributed by atoms with Crippen LogP contribution in [0.1, 0.15) is 10.4 Å². The number of hydrogen-bond acceptors (Lipinski definition) is 6. The molecular formula is C12H10N2O7S. The third-order valence-electron chi connectivity index (χ3n) is 2.72. The third kappa shape index (κ3) is 2.51. The SMILES string of the molecule is COc1c(C(=O)O)cccc1S(=O)(=O)n1[nH]c(=O)ccc1=O. The number of ether oxygens (including phenoxy) is 1. The number of para-hydroxylation sites is 1. The van der Waals surface area contributed by atoms with Gasteiger partial charge in [0.2, 0.25) is 0 Å². The summed E-state index contributed by atoms with van der Waals surface area (Å²) in [6.45, 7) is 0. The van der Waals surface area contributed by atoms with E-state index in [1.54, 1.807) is 0 Å². The molecule has 0 saturated heterocycles. The second kappa shape index (κ2) is 5.48. The Hall–Kier alpha value is -2.88. The maximum absolute atomic E-state index is 12.5.